The molecule has 3 heterocycles. The predicted molar refractivity (Wildman–Crippen MR) is 106 cm³/mol. The zero-order chi connectivity index (χ0) is 20.4. The molecule has 2 N–H and O–H groups in total. The summed E-state index contributed by atoms with van der Waals surface area (Å²) >= 11 is 0. The number of hydrogen-bond acceptors (Lipinski definition) is 6. The number of anilines is 1. The lowest BCUT2D eigenvalue weighted by Gasteiger charge is -2.24. The highest BCUT2D eigenvalue weighted by Crippen LogP contribution is 2.20. The van der Waals surface area contributed by atoms with Crippen LogP contribution in [0.2, 0.25) is 0 Å². The lowest BCUT2D eigenvalue weighted by atomic mass is 10.2. The summed E-state index contributed by atoms with van der Waals surface area (Å²) in [5.41, 5.74) is 6.87. The lowest BCUT2D eigenvalue weighted by Crippen LogP contribution is -2.37. The molecular weight excluding hydrogens is 373 g/mol. The van der Waals surface area contributed by atoms with Gasteiger partial charge in [0.15, 0.2) is 0 Å². The first-order chi connectivity index (χ1) is 14.0. The number of rotatable bonds is 5. The second-order valence-corrected chi connectivity index (χ2v) is 7.13. The number of benzene rings is 1. The molecule has 1 atom stereocenters. The van der Waals surface area contributed by atoms with Gasteiger partial charge in [-0.1, -0.05) is 0 Å². The zero-order valence-electron chi connectivity index (χ0n) is 16.1. The van der Waals surface area contributed by atoms with Gasteiger partial charge in [0.2, 0.25) is 0 Å². The number of hydrogen-bond donors (Lipinski definition) is 1. The smallest absolute Gasteiger partial charge is 0.272 e. The Kier molecular flexibility index (Phi) is 5.22. The van der Waals surface area contributed by atoms with E-state index >= 15 is 0 Å². The van der Waals surface area contributed by atoms with Crippen molar-refractivity contribution in [1.82, 2.24) is 29.3 Å². The lowest BCUT2D eigenvalue weighted by molar-refractivity contribution is 0.0771. The highest BCUT2D eigenvalue weighted by atomic mass is 19.1. The summed E-state index contributed by atoms with van der Waals surface area (Å²) < 4.78 is 14.9. The summed E-state index contributed by atoms with van der Waals surface area (Å²) in [7, 11) is 1.99. The maximum atomic E-state index is 13.2. The minimum absolute atomic E-state index is 0.0945. The Bertz CT molecular complexity index is 1000. The maximum Gasteiger partial charge on any atom is 0.272 e. The number of carbonyl (C=O) groups excluding carboxylic acids is 1. The van der Waals surface area contributed by atoms with Crippen molar-refractivity contribution in [2.24, 2.45) is 0 Å². The van der Waals surface area contributed by atoms with Crippen molar-refractivity contribution >= 4 is 11.7 Å². The van der Waals surface area contributed by atoms with Gasteiger partial charge in [-0.3, -0.25) is 14.3 Å². The second kappa shape index (κ2) is 7.96. The van der Waals surface area contributed by atoms with Crippen molar-refractivity contribution in [3.63, 3.8) is 0 Å². The third kappa shape index (κ3) is 4.09. The number of amides is 1. The number of carbonyl (C=O) groups is 1. The fourth-order valence-electron chi connectivity index (χ4n) is 3.55. The zero-order valence-corrected chi connectivity index (χ0v) is 16.1. The van der Waals surface area contributed by atoms with Crippen LogP contribution in [0.5, 0.6) is 0 Å². The number of likely N-dealkylation sites (tertiary alicyclic amines) is 1. The van der Waals surface area contributed by atoms with E-state index in [1.54, 1.807) is 41.5 Å². The van der Waals surface area contributed by atoms with Crippen molar-refractivity contribution in [2.45, 2.75) is 19.0 Å². The van der Waals surface area contributed by atoms with Gasteiger partial charge in [0.1, 0.15) is 23.2 Å². The first kappa shape index (κ1) is 19.0. The Morgan fingerprint density at radius 3 is 2.86 bits per heavy atom. The van der Waals surface area contributed by atoms with Crippen LogP contribution in [0.3, 0.4) is 0 Å². The molecule has 4 rings (SSSR count). The molecule has 9 heteroatoms. The number of likely N-dealkylation sites (N-methyl/N-ethyl adjacent to an activating group) is 1. The number of halogens is 1. The first-order valence-electron chi connectivity index (χ1n) is 9.36. The normalized spacial score (nSPS) is 16.5. The molecule has 0 spiro atoms. The van der Waals surface area contributed by atoms with Crippen LogP contribution in [0.15, 0.2) is 49.1 Å². The summed E-state index contributed by atoms with van der Waals surface area (Å²) in [4.78, 5) is 29.6. The first-order valence-corrected chi connectivity index (χ1v) is 9.36. The van der Waals surface area contributed by atoms with Crippen LogP contribution in [0, 0.1) is 5.82 Å². The van der Waals surface area contributed by atoms with E-state index in [1.807, 2.05) is 11.9 Å². The van der Waals surface area contributed by atoms with Gasteiger partial charge in [0.25, 0.3) is 5.91 Å². The van der Waals surface area contributed by atoms with Crippen molar-refractivity contribution < 1.29 is 9.18 Å². The number of nitrogen functional groups attached to an aromatic ring is 1. The minimum Gasteiger partial charge on any atom is -0.384 e. The van der Waals surface area contributed by atoms with E-state index in [2.05, 4.69) is 19.9 Å². The molecule has 8 nitrogen and oxygen atoms in total. The van der Waals surface area contributed by atoms with Crippen LogP contribution >= 0.6 is 0 Å². The van der Waals surface area contributed by atoms with E-state index in [9.17, 15) is 9.18 Å². The van der Waals surface area contributed by atoms with Crippen molar-refractivity contribution in [1.29, 1.82) is 0 Å². The molecule has 1 aliphatic heterocycles. The standard InChI is InChI=1S/C20H22FN7O/c1-26(12-19-24-8-6-18(22)25-19)16-7-9-27(11-16)20(29)17-10-23-13-28(17)15-4-2-14(21)3-5-15/h2-6,8,10,13,16H,7,9,11-12H2,1H3,(H2,22,24,25)/t16-/m0/s1. The number of aromatic nitrogens is 4. The van der Waals surface area contributed by atoms with Crippen LogP contribution in [-0.2, 0) is 6.54 Å². The van der Waals surface area contributed by atoms with E-state index in [0.717, 1.165) is 6.42 Å². The molecule has 0 bridgehead atoms. The van der Waals surface area contributed by atoms with Crippen LogP contribution in [0.1, 0.15) is 22.7 Å². The molecule has 29 heavy (non-hydrogen) atoms. The summed E-state index contributed by atoms with van der Waals surface area (Å²) in [6.07, 6.45) is 5.61. The van der Waals surface area contributed by atoms with Gasteiger partial charge >= 0.3 is 0 Å². The van der Waals surface area contributed by atoms with Gasteiger partial charge in [-0.15, -0.1) is 0 Å². The second-order valence-electron chi connectivity index (χ2n) is 7.13. The third-order valence-electron chi connectivity index (χ3n) is 5.15. The van der Waals surface area contributed by atoms with Gasteiger partial charge in [0, 0.05) is 31.0 Å². The Morgan fingerprint density at radius 1 is 1.31 bits per heavy atom. The molecule has 2 aromatic heterocycles. The highest BCUT2D eigenvalue weighted by molar-refractivity contribution is 5.93. The van der Waals surface area contributed by atoms with Crippen molar-refractivity contribution in [3.05, 3.63) is 66.4 Å². The Labute approximate surface area is 167 Å². The molecule has 1 fully saturated rings. The fraction of sp³-hybridized carbons (Fsp3) is 0.300. The van der Waals surface area contributed by atoms with Crippen LogP contribution in [0.25, 0.3) is 5.69 Å². The number of nitrogens with two attached hydrogens (primary N) is 1. The molecule has 0 saturated carbocycles. The molecule has 1 aliphatic rings. The van der Waals surface area contributed by atoms with Crippen molar-refractivity contribution in [3.8, 4) is 5.69 Å². The van der Waals surface area contributed by atoms with E-state index in [4.69, 9.17) is 5.73 Å². The average molecular weight is 395 g/mol. The van der Waals surface area contributed by atoms with Gasteiger partial charge in [-0.05, 0) is 43.8 Å². The monoisotopic (exact) mass is 395 g/mol. The van der Waals surface area contributed by atoms with Gasteiger partial charge in [-0.2, -0.15) is 0 Å². The van der Waals surface area contributed by atoms with Gasteiger partial charge in [-0.25, -0.2) is 19.3 Å². The molecule has 0 unspecified atom stereocenters. The largest absolute Gasteiger partial charge is 0.384 e. The number of imidazole rings is 1. The summed E-state index contributed by atoms with van der Waals surface area (Å²) in [6, 6.07) is 7.83. The molecule has 150 valence electrons. The Morgan fingerprint density at radius 2 is 2.10 bits per heavy atom. The van der Waals surface area contributed by atoms with Crippen LogP contribution < -0.4 is 5.73 Å². The van der Waals surface area contributed by atoms with Gasteiger partial charge in [0.05, 0.1) is 19.1 Å². The van der Waals surface area contributed by atoms with E-state index in [0.29, 0.717) is 42.7 Å². The summed E-state index contributed by atoms with van der Waals surface area (Å²) in [5, 5.41) is 0. The quantitative estimate of drug-likeness (QED) is 0.707. The van der Waals surface area contributed by atoms with Crippen molar-refractivity contribution in [2.75, 3.05) is 25.9 Å². The van der Waals surface area contributed by atoms with Crippen LogP contribution in [-0.4, -0.2) is 61.4 Å². The molecule has 1 aromatic carbocycles. The summed E-state index contributed by atoms with van der Waals surface area (Å²) in [5.74, 6) is 0.687. The Balaban J connectivity index is 1.44. The average Bonchev–Trinajstić information content (AvgIpc) is 3.38. The number of nitrogens with zero attached hydrogens (tertiary/aromatic N) is 6. The Hall–Kier alpha value is -3.33. The summed E-state index contributed by atoms with van der Waals surface area (Å²) in [6.45, 7) is 1.82. The van der Waals surface area contributed by atoms with E-state index in [1.165, 1.54) is 12.1 Å². The van der Waals surface area contributed by atoms with E-state index < -0.39 is 0 Å². The van der Waals surface area contributed by atoms with E-state index in [-0.39, 0.29) is 17.8 Å². The SMILES string of the molecule is CN(Cc1nccc(N)n1)[C@H]1CCN(C(=O)c2cncn2-c2ccc(F)cc2)C1. The molecule has 0 radical (unpaired) electrons. The molecule has 1 saturated heterocycles. The topological polar surface area (TPSA) is 93.2 Å². The maximum absolute atomic E-state index is 13.2. The molecule has 1 amide bonds. The molecule has 3 aromatic rings. The fourth-order valence-corrected chi connectivity index (χ4v) is 3.55. The third-order valence-corrected chi connectivity index (χ3v) is 5.15. The molecular formula is C20H22FN7O. The highest BCUT2D eigenvalue weighted by Gasteiger charge is 2.31. The predicted octanol–water partition coefficient (Wildman–Crippen LogP) is 1.73. The van der Waals surface area contributed by atoms with Gasteiger partial charge < -0.3 is 10.6 Å². The van der Waals surface area contributed by atoms with Crippen LogP contribution in [0.4, 0.5) is 10.2 Å². The minimum atomic E-state index is -0.323. The molecule has 0 aliphatic carbocycles.